The molecule has 0 heterocycles. The molecule has 3 nitrogen and oxygen atoms in total. The van der Waals surface area contributed by atoms with Crippen LogP contribution in [0.5, 0.6) is 0 Å². The van der Waals surface area contributed by atoms with Crippen LogP contribution in [0.4, 0.5) is 0 Å². The second kappa shape index (κ2) is 3.32. The molecule has 0 bridgehead atoms. The maximum Gasteiger partial charge on any atom is 0.109 e. The number of ether oxygens (including phenoxy) is 2. The molecule has 0 aliphatic heterocycles. The molecule has 0 aromatic rings. The first-order valence-corrected chi connectivity index (χ1v) is 4.67. The molecule has 0 saturated heterocycles. The van der Waals surface area contributed by atoms with E-state index in [0.717, 1.165) is 6.42 Å². The van der Waals surface area contributed by atoms with Gasteiger partial charge in [-0.25, -0.2) is 0 Å². The Morgan fingerprint density at radius 2 is 2.08 bits per heavy atom. The van der Waals surface area contributed by atoms with Crippen LogP contribution < -0.4 is 0 Å². The topological polar surface area (TPSA) is 38.7 Å². The number of rotatable bonds is 3. The van der Waals surface area contributed by atoms with Crippen molar-refractivity contribution < 1.29 is 14.6 Å². The highest BCUT2D eigenvalue weighted by molar-refractivity contribution is 4.93. The van der Waals surface area contributed by atoms with Crippen LogP contribution >= 0.6 is 0 Å². The quantitative estimate of drug-likeness (QED) is 0.681. The van der Waals surface area contributed by atoms with Gasteiger partial charge in [0.2, 0.25) is 0 Å². The van der Waals surface area contributed by atoms with Crippen LogP contribution in [0.2, 0.25) is 0 Å². The van der Waals surface area contributed by atoms with Gasteiger partial charge in [-0.2, -0.15) is 0 Å². The summed E-state index contributed by atoms with van der Waals surface area (Å²) in [6, 6.07) is 0. The van der Waals surface area contributed by atoms with E-state index in [9.17, 15) is 5.11 Å². The third kappa shape index (κ3) is 1.37. The summed E-state index contributed by atoms with van der Waals surface area (Å²) >= 11 is 0. The van der Waals surface area contributed by atoms with Crippen LogP contribution in [-0.4, -0.2) is 36.6 Å². The third-order valence-electron chi connectivity index (χ3n) is 2.91. The van der Waals surface area contributed by atoms with Crippen molar-refractivity contribution in [3.63, 3.8) is 0 Å². The first-order valence-electron chi connectivity index (χ1n) is 4.67. The number of aliphatic hydroxyl groups excluding tert-OH is 1. The van der Waals surface area contributed by atoms with Gasteiger partial charge in [0.05, 0.1) is 18.3 Å². The van der Waals surface area contributed by atoms with Gasteiger partial charge in [-0.15, -0.1) is 0 Å². The number of methoxy groups -OCH3 is 1. The standard InChI is InChI=1S/C9H16O3/c1-11-9-7(10)5-8(9)12-6-3-2-4-6/h6-10H,2-5H2,1H3. The molecular weight excluding hydrogens is 156 g/mol. The summed E-state index contributed by atoms with van der Waals surface area (Å²) in [7, 11) is 1.63. The van der Waals surface area contributed by atoms with E-state index >= 15 is 0 Å². The fourth-order valence-electron chi connectivity index (χ4n) is 1.75. The smallest absolute Gasteiger partial charge is 0.109 e. The monoisotopic (exact) mass is 172 g/mol. The molecule has 2 aliphatic rings. The Labute approximate surface area is 72.7 Å². The molecule has 2 aliphatic carbocycles. The van der Waals surface area contributed by atoms with E-state index in [1.54, 1.807) is 7.11 Å². The molecule has 2 saturated carbocycles. The van der Waals surface area contributed by atoms with Gasteiger partial charge in [0.15, 0.2) is 0 Å². The van der Waals surface area contributed by atoms with Crippen LogP contribution in [0.3, 0.4) is 0 Å². The fraction of sp³-hybridized carbons (Fsp3) is 1.00. The molecule has 2 rings (SSSR count). The average molecular weight is 172 g/mol. The second-order valence-electron chi connectivity index (χ2n) is 3.73. The number of aliphatic hydroxyl groups is 1. The van der Waals surface area contributed by atoms with Crippen molar-refractivity contribution in [1.29, 1.82) is 0 Å². The summed E-state index contributed by atoms with van der Waals surface area (Å²) in [5.41, 5.74) is 0. The highest BCUT2D eigenvalue weighted by Gasteiger charge is 2.42. The average Bonchev–Trinajstić information content (AvgIpc) is 1.94. The molecule has 0 spiro atoms. The molecule has 0 aromatic heterocycles. The normalized spacial score (nSPS) is 42.0. The van der Waals surface area contributed by atoms with Gasteiger partial charge in [-0.3, -0.25) is 0 Å². The van der Waals surface area contributed by atoms with Gasteiger partial charge in [0.1, 0.15) is 6.10 Å². The minimum Gasteiger partial charge on any atom is -0.390 e. The largest absolute Gasteiger partial charge is 0.390 e. The lowest BCUT2D eigenvalue weighted by Crippen LogP contribution is -2.54. The lowest BCUT2D eigenvalue weighted by molar-refractivity contribution is -0.207. The Kier molecular flexibility index (Phi) is 2.35. The van der Waals surface area contributed by atoms with E-state index in [0.29, 0.717) is 6.10 Å². The zero-order valence-corrected chi connectivity index (χ0v) is 7.40. The van der Waals surface area contributed by atoms with Gasteiger partial charge in [-0.05, 0) is 19.3 Å². The Morgan fingerprint density at radius 1 is 1.33 bits per heavy atom. The van der Waals surface area contributed by atoms with Crippen molar-refractivity contribution in [3.8, 4) is 0 Å². The molecule has 0 aromatic carbocycles. The summed E-state index contributed by atoms with van der Waals surface area (Å²) in [6.45, 7) is 0. The first-order chi connectivity index (χ1) is 5.81. The number of hydrogen-bond acceptors (Lipinski definition) is 3. The van der Waals surface area contributed by atoms with E-state index in [2.05, 4.69) is 0 Å². The van der Waals surface area contributed by atoms with Crippen LogP contribution in [0.15, 0.2) is 0 Å². The Morgan fingerprint density at radius 3 is 2.50 bits per heavy atom. The van der Waals surface area contributed by atoms with Crippen LogP contribution in [0.1, 0.15) is 25.7 Å². The molecule has 1 N–H and O–H groups in total. The number of hydrogen-bond donors (Lipinski definition) is 1. The first kappa shape index (κ1) is 8.48. The summed E-state index contributed by atoms with van der Waals surface area (Å²) < 4.78 is 10.8. The van der Waals surface area contributed by atoms with Gasteiger partial charge < -0.3 is 14.6 Å². The Balaban J connectivity index is 1.74. The second-order valence-corrected chi connectivity index (χ2v) is 3.73. The molecule has 0 radical (unpaired) electrons. The maximum atomic E-state index is 9.28. The highest BCUT2D eigenvalue weighted by atomic mass is 16.6. The molecule has 3 unspecified atom stereocenters. The molecular formula is C9H16O3. The summed E-state index contributed by atoms with van der Waals surface area (Å²) in [4.78, 5) is 0. The predicted octanol–water partition coefficient (Wildman–Crippen LogP) is 0.704. The highest BCUT2D eigenvalue weighted by Crippen LogP contribution is 2.32. The molecule has 2 fully saturated rings. The summed E-state index contributed by atoms with van der Waals surface area (Å²) in [6.07, 6.45) is 4.61. The van der Waals surface area contributed by atoms with Gasteiger partial charge in [0, 0.05) is 13.5 Å². The predicted molar refractivity (Wildman–Crippen MR) is 43.9 cm³/mol. The maximum absolute atomic E-state index is 9.28. The Bertz CT molecular complexity index is 156. The minimum absolute atomic E-state index is 0.0781. The summed E-state index contributed by atoms with van der Waals surface area (Å²) in [5, 5.41) is 9.28. The van der Waals surface area contributed by atoms with Gasteiger partial charge in [-0.1, -0.05) is 0 Å². The van der Waals surface area contributed by atoms with Crippen molar-refractivity contribution in [2.45, 2.75) is 50.1 Å². The van der Waals surface area contributed by atoms with E-state index in [1.807, 2.05) is 0 Å². The summed E-state index contributed by atoms with van der Waals surface area (Å²) in [5.74, 6) is 0. The van der Waals surface area contributed by atoms with Gasteiger partial charge in [0.25, 0.3) is 0 Å². The van der Waals surface area contributed by atoms with Crippen molar-refractivity contribution in [3.05, 3.63) is 0 Å². The van der Waals surface area contributed by atoms with E-state index in [-0.39, 0.29) is 18.3 Å². The van der Waals surface area contributed by atoms with E-state index in [1.165, 1.54) is 19.3 Å². The van der Waals surface area contributed by atoms with Crippen LogP contribution in [0, 0.1) is 0 Å². The van der Waals surface area contributed by atoms with E-state index < -0.39 is 0 Å². The fourth-order valence-corrected chi connectivity index (χ4v) is 1.75. The van der Waals surface area contributed by atoms with Crippen LogP contribution in [-0.2, 0) is 9.47 Å². The SMILES string of the molecule is COC1C(O)CC1OC1CCC1. The molecule has 70 valence electrons. The molecule has 3 heteroatoms. The zero-order valence-electron chi connectivity index (χ0n) is 7.40. The van der Waals surface area contributed by atoms with Gasteiger partial charge >= 0.3 is 0 Å². The minimum atomic E-state index is -0.305. The third-order valence-corrected chi connectivity index (χ3v) is 2.91. The lowest BCUT2D eigenvalue weighted by atomic mass is 9.86. The molecule has 3 atom stereocenters. The van der Waals surface area contributed by atoms with Crippen LogP contribution in [0.25, 0.3) is 0 Å². The van der Waals surface area contributed by atoms with Crippen molar-refractivity contribution in [2.24, 2.45) is 0 Å². The van der Waals surface area contributed by atoms with Crippen molar-refractivity contribution in [1.82, 2.24) is 0 Å². The van der Waals surface area contributed by atoms with Crippen molar-refractivity contribution in [2.75, 3.05) is 7.11 Å². The van der Waals surface area contributed by atoms with Crippen molar-refractivity contribution >= 4 is 0 Å². The zero-order chi connectivity index (χ0) is 8.55. The van der Waals surface area contributed by atoms with E-state index in [4.69, 9.17) is 9.47 Å². The molecule has 12 heavy (non-hydrogen) atoms. The molecule has 0 amide bonds. The lowest BCUT2D eigenvalue weighted by Gasteiger charge is -2.43. The Hall–Kier alpha value is -0.120.